The smallest absolute Gasteiger partial charge is 0.269 e. The number of imidazole rings is 1. The third-order valence-corrected chi connectivity index (χ3v) is 5.00. The zero-order valence-electron chi connectivity index (χ0n) is 13.7. The molecule has 0 saturated carbocycles. The van der Waals surface area contributed by atoms with Crippen LogP contribution in [0.15, 0.2) is 72.2 Å². The molecular weight excluding hydrogens is 330 g/mol. The van der Waals surface area contributed by atoms with Crippen molar-refractivity contribution in [3.05, 3.63) is 83.5 Å². The Hall–Kier alpha value is -2.92. The Morgan fingerprint density at radius 1 is 1.08 bits per heavy atom. The molecule has 25 heavy (non-hydrogen) atoms. The molecular formula is C20H17N3OS. The summed E-state index contributed by atoms with van der Waals surface area (Å²) in [5.74, 6) is -0.0976. The van der Waals surface area contributed by atoms with Gasteiger partial charge < -0.3 is 5.32 Å². The van der Waals surface area contributed by atoms with Crippen LogP contribution in [-0.4, -0.2) is 15.3 Å². The van der Waals surface area contributed by atoms with Gasteiger partial charge in [0.25, 0.3) is 5.91 Å². The minimum Gasteiger partial charge on any atom is -0.344 e. The lowest BCUT2D eigenvalue weighted by atomic mass is 10.1. The van der Waals surface area contributed by atoms with E-state index in [-0.39, 0.29) is 11.9 Å². The van der Waals surface area contributed by atoms with Gasteiger partial charge in [-0.05, 0) is 12.5 Å². The SMILES string of the molecule is C[C@H](NC(=O)c1csc2nc(-c3ccccc3)cn12)c1ccccc1. The molecule has 4 aromatic rings. The number of benzene rings is 2. The van der Waals surface area contributed by atoms with E-state index < -0.39 is 0 Å². The van der Waals surface area contributed by atoms with Crippen molar-refractivity contribution in [1.29, 1.82) is 0 Å². The number of nitrogens with zero attached hydrogens (tertiary/aromatic N) is 2. The lowest BCUT2D eigenvalue weighted by molar-refractivity contribution is 0.0934. The second kappa shape index (κ2) is 6.53. The van der Waals surface area contributed by atoms with Gasteiger partial charge in [0, 0.05) is 17.1 Å². The van der Waals surface area contributed by atoms with E-state index >= 15 is 0 Å². The highest BCUT2D eigenvalue weighted by atomic mass is 32.1. The van der Waals surface area contributed by atoms with Gasteiger partial charge in [0.1, 0.15) is 5.69 Å². The number of hydrogen-bond donors (Lipinski definition) is 1. The topological polar surface area (TPSA) is 46.4 Å². The van der Waals surface area contributed by atoms with Crippen LogP contribution in [0, 0.1) is 0 Å². The zero-order chi connectivity index (χ0) is 17.2. The van der Waals surface area contributed by atoms with Crippen molar-refractivity contribution in [2.45, 2.75) is 13.0 Å². The van der Waals surface area contributed by atoms with E-state index in [0.717, 1.165) is 21.8 Å². The lowest BCUT2D eigenvalue weighted by Gasteiger charge is -2.13. The third kappa shape index (κ3) is 3.06. The molecule has 0 saturated heterocycles. The van der Waals surface area contributed by atoms with E-state index in [1.54, 1.807) is 0 Å². The van der Waals surface area contributed by atoms with Crippen molar-refractivity contribution in [3.63, 3.8) is 0 Å². The van der Waals surface area contributed by atoms with Gasteiger partial charge in [0.2, 0.25) is 0 Å². The maximum atomic E-state index is 12.7. The Kier molecular flexibility index (Phi) is 4.07. The van der Waals surface area contributed by atoms with Crippen LogP contribution in [-0.2, 0) is 0 Å². The zero-order valence-corrected chi connectivity index (χ0v) is 14.5. The average molecular weight is 347 g/mol. The average Bonchev–Trinajstić information content (AvgIpc) is 3.23. The fourth-order valence-corrected chi connectivity index (χ4v) is 3.64. The summed E-state index contributed by atoms with van der Waals surface area (Å²) in [5.41, 5.74) is 3.61. The van der Waals surface area contributed by atoms with Crippen LogP contribution in [0.3, 0.4) is 0 Å². The molecule has 2 heterocycles. The van der Waals surface area contributed by atoms with Crippen molar-refractivity contribution >= 4 is 22.2 Å². The Labute approximate surface area is 149 Å². The first-order valence-corrected chi connectivity index (χ1v) is 8.98. The van der Waals surface area contributed by atoms with Gasteiger partial charge in [0.05, 0.1) is 11.7 Å². The highest BCUT2D eigenvalue weighted by molar-refractivity contribution is 7.15. The molecule has 5 heteroatoms. The number of nitrogens with one attached hydrogen (secondary N) is 1. The van der Waals surface area contributed by atoms with Crippen molar-refractivity contribution in [3.8, 4) is 11.3 Å². The first-order valence-electron chi connectivity index (χ1n) is 8.10. The Balaban J connectivity index is 1.61. The van der Waals surface area contributed by atoms with Crippen LogP contribution in [0.1, 0.15) is 29.0 Å². The Morgan fingerprint density at radius 3 is 2.48 bits per heavy atom. The van der Waals surface area contributed by atoms with Crippen LogP contribution in [0.5, 0.6) is 0 Å². The summed E-state index contributed by atoms with van der Waals surface area (Å²) in [6.45, 7) is 1.99. The van der Waals surface area contributed by atoms with Crippen molar-refractivity contribution in [1.82, 2.24) is 14.7 Å². The monoisotopic (exact) mass is 347 g/mol. The van der Waals surface area contributed by atoms with E-state index in [1.807, 2.05) is 83.6 Å². The van der Waals surface area contributed by atoms with Gasteiger partial charge in [-0.15, -0.1) is 11.3 Å². The first-order chi connectivity index (χ1) is 12.2. The van der Waals surface area contributed by atoms with Gasteiger partial charge >= 0.3 is 0 Å². The molecule has 1 amide bonds. The van der Waals surface area contributed by atoms with Gasteiger partial charge in [-0.3, -0.25) is 9.20 Å². The van der Waals surface area contributed by atoms with E-state index in [9.17, 15) is 4.79 Å². The summed E-state index contributed by atoms with van der Waals surface area (Å²) in [7, 11) is 0. The van der Waals surface area contributed by atoms with E-state index in [1.165, 1.54) is 11.3 Å². The number of aromatic nitrogens is 2. The van der Waals surface area contributed by atoms with Crippen LogP contribution >= 0.6 is 11.3 Å². The minimum absolute atomic E-state index is 0.0548. The third-order valence-electron chi connectivity index (χ3n) is 4.16. The molecule has 0 aliphatic carbocycles. The summed E-state index contributed by atoms with van der Waals surface area (Å²) < 4.78 is 1.86. The van der Waals surface area contributed by atoms with E-state index in [4.69, 9.17) is 0 Å². The van der Waals surface area contributed by atoms with Gasteiger partial charge in [0.15, 0.2) is 4.96 Å². The van der Waals surface area contributed by atoms with Gasteiger partial charge in [-0.2, -0.15) is 0 Å². The largest absolute Gasteiger partial charge is 0.344 e. The molecule has 4 rings (SSSR count). The molecule has 0 unspecified atom stereocenters. The fourth-order valence-electron chi connectivity index (χ4n) is 2.79. The summed E-state index contributed by atoms with van der Waals surface area (Å²) >= 11 is 1.47. The second-order valence-corrected chi connectivity index (χ2v) is 6.71. The number of carbonyl (C=O) groups is 1. The van der Waals surface area contributed by atoms with E-state index in [2.05, 4.69) is 10.3 Å². The standard InChI is InChI=1S/C20H17N3OS/c1-14(15-8-4-2-5-9-15)21-19(24)18-13-25-20-22-17(12-23(18)20)16-10-6-3-7-11-16/h2-14H,1H3,(H,21,24)/t14-/m0/s1. The van der Waals surface area contributed by atoms with Gasteiger partial charge in [-0.1, -0.05) is 60.7 Å². The highest BCUT2D eigenvalue weighted by Gasteiger charge is 2.17. The molecule has 1 atom stereocenters. The van der Waals surface area contributed by atoms with Gasteiger partial charge in [-0.25, -0.2) is 4.98 Å². The Morgan fingerprint density at radius 2 is 1.76 bits per heavy atom. The molecule has 0 spiro atoms. The number of hydrogen-bond acceptors (Lipinski definition) is 3. The molecule has 0 aliphatic heterocycles. The van der Waals surface area contributed by atoms with Crippen LogP contribution in [0.2, 0.25) is 0 Å². The summed E-state index contributed by atoms with van der Waals surface area (Å²) in [5, 5.41) is 4.91. The van der Waals surface area contributed by atoms with Crippen LogP contribution in [0.4, 0.5) is 0 Å². The highest BCUT2D eigenvalue weighted by Crippen LogP contribution is 2.24. The molecule has 2 aromatic carbocycles. The number of rotatable bonds is 4. The van der Waals surface area contributed by atoms with Crippen LogP contribution in [0.25, 0.3) is 16.2 Å². The number of fused-ring (bicyclic) bond motifs is 1. The lowest BCUT2D eigenvalue weighted by Crippen LogP contribution is -2.27. The van der Waals surface area contributed by atoms with Crippen LogP contribution < -0.4 is 5.32 Å². The second-order valence-electron chi connectivity index (χ2n) is 5.87. The first kappa shape index (κ1) is 15.6. The van der Waals surface area contributed by atoms with Crippen molar-refractivity contribution < 1.29 is 4.79 Å². The number of carbonyl (C=O) groups excluding carboxylic acids is 1. The molecule has 0 radical (unpaired) electrons. The molecule has 124 valence electrons. The van der Waals surface area contributed by atoms with Crippen molar-refractivity contribution in [2.75, 3.05) is 0 Å². The predicted octanol–water partition coefficient (Wildman–Crippen LogP) is 4.55. The fraction of sp³-hybridized carbons (Fsp3) is 0.100. The number of amides is 1. The summed E-state index contributed by atoms with van der Waals surface area (Å²) in [4.78, 5) is 18.1. The maximum Gasteiger partial charge on any atom is 0.269 e. The molecule has 4 nitrogen and oxygen atoms in total. The molecule has 0 fully saturated rings. The molecule has 0 bridgehead atoms. The van der Waals surface area contributed by atoms with E-state index in [0.29, 0.717) is 5.69 Å². The maximum absolute atomic E-state index is 12.7. The Bertz CT molecular complexity index is 1010. The molecule has 0 aliphatic rings. The predicted molar refractivity (Wildman–Crippen MR) is 101 cm³/mol. The van der Waals surface area contributed by atoms with Crippen molar-refractivity contribution in [2.24, 2.45) is 0 Å². The molecule has 1 N–H and O–H groups in total. The summed E-state index contributed by atoms with van der Waals surface area (Å²) in [6.07, 6.45) is 1.92. The quantitative estimate of drug-likeness (QED) is 0.588. The molecule has 2 aromatic heterocycles. The normalized spacial score (nSPS) is 12.2. The summed E-state index contributed by atoms with van der Waals surface area (Å²) in [6, 6.07) is 19.9. The minimum atomic E-state index is -0.0976. The number of thiazole rings is 1.